The van der Waals surface area contributed by atoms with E-state index in [-0.39, 0.29) is 18.1 Å². The number of nitrogens with one attached hydrogen (secondary N) is 1. The van der Waals surface area contributed by atoms with Crippen LogP contribution in [0.15, 0.2) is 48.5 Å². The summed E-state index contributed by atoms with van der Waals surface area (Å²) in [5.74, 6) is -1.32. The van der Waals surface area contributed by atoms with Gasteiger partial charge < -0.3 is 10.2 Å². The Bertz CT molecular complexity index is 1040. The summed E-state index contributed by atoms with van der Waals surface area (Å²) >= 11 is 0. The first-order chi connectivity index (χ1) is 15.6. The summed E-state index contributed by atoms with van der Waals surface area (Å²) in [5, 5.41) is 2.83. The number of rotatable bonds is 11. The van der Waals surface area contributed by atoms with Gasteiger partial charge in [-0.25, -0.2) is 12.8 Å². The van der Waals surface area contributed by atoms with E-state index in [1.807, 2.05) is 38.1 Å². The van der Waals surface area contributed by atoms with E-state index in [1.54, 1.807) is 6.92 Å². The molecule has 0 spiro atoms. The monoisotopic (exact) mass is 477 g/mol. The van der Waals surface area contributed by atoms with Crippen LogP contribution in [-0.2, 0) is 26.2 Å². The summed E-state index contributed by atoms with van der Waals surface area (Å²) in [4.78, 5) is 27.7. The fourth-order valence-corrected chi connectivity index (χ4v) is 4.25. The molecular formula is C24H32FN3O4S. The van der Waals surface area contributed by atoms with Gasteiger partial charge >= 0.3 is 0 Å². The molecule has 0 aliphatic heterocycles. The molecule has 2 aromatic rings. The van der Waals surface area contributed by atoms with Crippen molar-refractivity contribution in [2.45, 2.75) is 46.2 Å². The van der Waals surface area contributed by atoms with E-state index in [9.17, 15) is 22.4 Å². The highest BCUT2D eigenvalue weighted by Gasteiger charge is 2.31. The number of halogens is 1. The third kappa shape index (κ3) is 7.56. The third-order valence-electron chi connectivity index (χ3n) is 5.20. The van der Waals surface area contributed by atoms with Crippen molar-refractivity contribution in [2.24, 2.45) is 0 Å². The van der Waals surface area contributed by atoms with Crippen molar-refractivity contribution < 1.29 is 22.4 Å². The van der Waals surface area contributed by atoms with Crippen LogP contribution in [0.4, 0.5) is 10.1 Å². The highest BCUT2D eigenvalue weighted by Crippen LogP contribution is 2.20. The lowest BCUT2D eigenvalue weighted by Crippen LogP contribution is -2.52. The molecule has 33 heavy (non-hydrogen) atoms. The minimum Gasteiger partial charge on any atom is -0.354 e. The van der Waals surface area contributed by atoms with Crippen molar-refractivity contribution in [3.63, 3.8) is 0 Å². The molecule has 2 amide bonds. The molecule has 0 aliphatic rings. The zero-order valence-electron chi connectivity index (χ0n) is 19.5. The zero-order chi connectivity index (χ0) is 24.6. The Morgan fingerprint density at radius 3 is 2.15 bits per heavy atom. The van der Waals surface area contributed by atoms with Gasteiger partial charge in [0.15, 0.2) is 0 Å². The van der Waals surface area contributed by atoms with Crippen molar-refractivity contribution in [3.8, 4) is 0 Å². The molecule has 0 heterocycles. The van der Waals surface area contributed by atoms with Crippen LogP contribution in [0.3, 0.4) is 0 Å². The quantitative estimate of drug-likeness (QED) is 0.538. The first-order valence-electron chi connectivity index (χ1n) is 10.9. The number of hydrogen-bond acceptors (Lipinski definition) is 4. The minimum atomic E-state index is -3.84. The summed E-state index contributed by atoms with van der Waals surface area (Å²) in [6.45, 7) is 5.81. The van der Waals surface area contributed by atoms with Gasteiger partial charge in [-0.1, -0.05) is 43.7 Å². The molecule has 0 unspecified atom stereocenters. The fraction of sp³-hybridized carbons (Fsp3) is 0.417. The number of nitrogens with zero attached hydrogens (tertiary/aromatic N) is 2. The molecule has 0 aromatic heterocycles. The van der Waals surface area contributed by atoms with Crippen LogP contribution >= 0.6 is 0 Å². The molecule has 9 heteroatoms. The van der Waals surface area contributed by atoms with Crippen LogP contribution in [0.25, 0.3) is 0 Å². The maximum atomic E-state index is 13.5. The Balaban J connectivity index is 2.39. The summed E-state index contributed by atoms with van der Waals surface area (Å²) in [6.07, 6.45) is 2.10. The Hall–Kier alpha value is -2.94. The van der Waals surface area contributed by atoms with E-state index in [4.69, 9.17) is 0 Å². The molecular weight excluding hydrogens is 445 g/mol. The van der Waals surface area contributed by atoms with Crippen LogP contribution in [0, 0.1) is 12.7 Å². The van der Waals surface area contributed by atoms with E-state index in [0.717, 1.165) is 40.2 Å². The lowest BCUT2D eigenvalue weighted by molar-refractivity contribution is -0.140. The second-order valence-electron chi connectivity index (χ2n) is 7.97. The maximum absolute atomic E-state index is 13.5. The minimum absolute atomic E-state index is 0.151. The van der Waals surface area contributed by atoms with Crippen molar-refractivity contribution in [1.29, 1.82) is 0 Å². The average Bonchev–Trinajstić information content (AvgIpc) is 2.77. The average molecular weight is 478 g/mol. The Morgan fingerprint density at radius 2 is 1.64 bits per heavy atom. The molecule has 0 bridgehead atoms. The van der Waals surface area contributed by atoms with Gasteiger partial charge in [0.2, 0.25) is 21.8 Å². The topological polar surface area (TPSA) is 86.8 Å². The molecule has 0 saturated heterocycles. The van der Waals surface area contributed by atoms with Crippen molar-refractivity contribution in [1.82, 2.24) is 10.2 Å². The van der Waals surface area contributed by atoms with Gasteiger partial charge in [0.1, 0.15) is 18.4 Å². The standard InChI is InChI=1S/C24H32FN3O4S/c1-5-15-26-24(30)22(6-2)27(16-19-9-7-18(3)8-10-19)23(29)17-28(33(4,31)32)21-13-11-20(25)12-14-21/h7-14,22H,5-6,15-17H2,1-4H3,(H,26,30)/t22-/m0/s1. The number of amides is 2. The number of anilines is 1. The molecule has 1 N–H and O–H groups in total. The van der Waals surface area contributed by atoms with Crippen LogP contribution in [0.5, 0.6) is 0 Å². The molecule has 2 rings (SSSR count). The van der Waals surface area contributed by atoms with Gasteiger partial charge in [-0.05, 0) is 49.6 Å². The van der Waals surface area contributed by atoms with Crippen molar-refractivity contribution in [3.05, 3.63) is 65.5 Å². The number of carbonyl (C=O) groups is 2. The Morgan fingerprint density at radius 1 is 1.03 bits per heavy atom. The molecule has 0 saturated carbocycles. The van der Waals surface area contributed by atoms with Crippen molar-refractivity contribution in [2.75, 3.05) is 23.7 Å². The number of hydrogen-bond donors (Lipinski definition) is 1. The first kappa shape index (κ1) is 26.3. The van der Waals surface area contributed by atoms with Crippen LogP contribution in [0.2, 0.25) is 0 Å². The van der Waals surface area contributed by atoms with E-state index < -0.39 is 34.3 Å². The summed E-state index contributed by atoms with van der Waals surface area (Å²) in [6, 6.07) is 11.7. The predicted octanol–water partition coefficient (Wildman–Crippen LogP) is 3.23. The van der Waals surface area contributed by atoms with Gasteiger partial charge in [0.05, 0.1) is 11.9 Å². The smallest absolute Gasteiger partial charge is 0.244 e. The molecule has 0 radical (unpaired) electrons. The second kappa shape index (κ2) is 11.8. The van der Waals surface area contributed by atoms with E-state index in [0.29, 0.717) is 13.0 Å². The van der Waals surface area contributed by atoms with E-state index in [2.05, 4.69) is 5.32 Å². The van der Waals surface area contributed by atoms with Crippen LogP contribution < -0.4 is 9.62 Å². The molecule has 1 atom stereocenters. The van der Waals surface area contributed by atoms with Crippen LogP contribution in [0.1, 0.15) is 37.8 Å². The number of benzene rings is 2. The van der Waals surface area contributed by atoms with Gasteiger partial charge in [-0.2, -0.15) is 0 Å². The Labute approximate surface area is 195 Å². The maximum Gasteiger partial charge on any atom is 0.244 e. The van der Waals surface area contributed by atoms with E-state index >= 15 is 0 Å². The fourth-order valence-electron chi connectivity index (χ4n) is 3.40. The van der Waals surface area contributed by atoms with E-state index in [1.165, 1.54) is 17.0 Å². The molecule has 180 valence electrons. The molecule has 7 nitrogen and oxygen atoms in total. The highest BCUT2D eigenvalue weighted by atomic mass is 32.2. The van der Waals surface area contributed by atoms with Gasteiger partial charge in [0.25, 0.3) is 0 Å². The lowest BCUT2D eigenvalue weighted by Gasteiger charge is -2.33. The largest absolute Gasteiger partial charge is 0.354 e. The summed E-state index contributed by atoms with van der Waals surface area (Å²) in [7, 11) is -3.84. The zero-order valence-corrected chi connectivity index (χ0v) is 20.4. The highest BCUT2D eigenvalue weighted by molar-refractivity contribution is 7.92. The number of aryl methyl sites for hydroxylation is 1. The summed E-state index contributed by atoms with van der Waals surface area (Å²) < 4.78 is 39.2. The molecule has 2 aromatic carbocycles. The number of sulfonamides is 1. The lowest BCUT2D eigenvalue weighted by atomic mass is 10.1. The summed E-state index contributed by atoms with van der Waals surface area (Å²) in [5.41, 5.74) is 2.05. The number of carbonyl (C=O) groups excluding carboxylic acids is 2. The normalized spacial score (nSPS) is 12.2. The molecule has 0 fully saturated rings. The van der Waals surface area contributed by atoms with Crippen molar-refractivity contribution >= 4 is 27.5 Å². The van der Waals surface area contributed by atoms with Crippen LogP contribution in [-0.4, -0.2) is 50.5 Å². The second-order valence-corrected chi connectivity index (χ2v) is 9.88. The third-order valence-corrected chi connectivity index (χ3v) is 6.34. The molecule has 0 aliphatic carbocycles. The predicted molar refractivity (Wildman–Crippen MR) is 128 cm³/mol. The van der Waals surface area contributed by atoms with Gasteiger partial charge in [-0.15, -0.1) is 0 Å². The van der Waals surface area contributed by atoms with Gasteiger partial charge in [0, 0.05) is 13.1 Å². The first-order valence-corrected chi connectivity index (χ1v) is 12.8. The Kier molecular flexibility index (Phi) is 9.40. The SMILES string of the molecule is CCCNC(=O)[C@H](CC)N(Cc1ccc(C)cc1)C(=O)CN(c1ccc(F)cc1)S(C)(=O)=O. The van der Waals surface area contributed by atoms with Gasteiger partial charge in [-0.3, -0.25) is 13.9 Å².